The van der Waals surface area contributed by atoms with Crippen LogP contribution in [0.1, 0.15) is 10.5 Å². The lowest BCUT2D eigenvalue weighted by molar-refractivity contribution is 0.111. The van der Waals surface area contributed by atoms with Gasteiger partial charge in [-0.15, -0.1) is 0 Å². The van der Waals surface area contributed by atoms with E-state index >= 15 is 0 Å². The SMILES string of the molecule is O=Cc1ncc(F)cc1-c1ccc(F)cc1. The summed E-state index contributed by atoms with van der Waals surface area (Å²) in [6, 6.07) is 6.63. The number of aldehydes is 1. The highest BCUT2D eigenvalue weighted by Crippen LogP contribution is 2.22. The molecule has 2 aromatic rings. The van der Waals surface area contributed by atoms with Gasteiger partial charge in [0, 0.05) is 5.56 Å². The molecule has 0 saturated heterocycles. The molecular weight excluding hydrogens is 212 g/mol. The second-order valence-corrected chi connectivity index (χ2v) is 3.21. The summed E-state index contributed by atoms with van der Waals surface area (Å²) >= 11 is 0. The number of aromatic nitrogens is 1. The van der Waals surface area contributed by atoms with Gasteiger partial charge in [0.15, 0.2) is 6.29 Å². The molecule has 0 atom stereocenters. The van der Waals surface area contributed by atoms with E-state index in [0.29, 0.717) is 17.4 Å². The highest BCUT2D eigenvalue weighted by Gasteiger charge is 2.07. The Morgan fingerprint density at radius 1 is 1.06 bits per heavy atom. The van der Waals surface area contributed by atoms with Gasteiger partial charge in [-0.25, -0.2) is 13.8 Å². The van der Waals surface area contributed by atoms with Crippen molar-refractivity contribution in [3.8, 4) is 11.1 Å². The van der Waals surface area contributed by atoms with Crippen molar-refractivity contribution >= 4 is 6.29 Å². The van der Waals surface area contributed by atoms with Crippen LogP contribution >= 0.6 is 0 Å². The van der Waals surface area contributed by atoms with Crippen molar-refractivity contribution < 1.29 is 13.6 Å². The molecule has 0 spiro atoms. The van der Waals surface area contributed by atoms with Crippen molar-refractivity contribution in [2.24, 2.45) is 0 Å². The van der Waals surface area contributed by atoms with E-state index < -0.39 is 5.82 Å². The summed E-state index contributed by atoms with van der Waals surface area (Å²) < 4.78 is 25.7. The number of nitrogens with zero attached hydrogens (tertiary/aromatic N) is 1. The van der Waals surface area contributed by atoms with E-state index in [1.54, 1.807) is 0 Å². The number of rotatable bonds is 2. The molecule has 0 amide bonds. The lowest BCUT2D eigenvalue weighted by Gasteiger charge is -2.04. The summed E-state index contributed by atoms with van der Waals surface area (Å²) in [6.07, 6.45) is 1.51. The predicted octanol–water partition coefficient (Wildman–Crippen LogP) is 2.84. The Bertz CT molecular complexity index is 523. The van der Waals surface area contributed by atoms with Crippen molar-refractivity contribution in [3.05, 3.63) is 53.9 Å². The molecule has 2 nitrogen and oxygen atoms in total. The van der Waals surface area contributed by atoms with E-state index in [1.165, 1.54) is 30.3 Å². The Balaban J connectivity index is 2.57. The van der Waals surface area contributed by atoms with E-state index in [4.69, 9.17) is 0 Å². The molecule has 0 bridgehead atoms. The summed E-state index contributed by atoms with van der Waals surface area (Å²) in [5, 5.41) is 0. The van der Waals surface area contributed by atoms with Gasteiger partial charge < -0.3 is 0 Å². The van der Waals surface area contributed by atoms with Crippen LogP contribution in [0.4, 0.5) is 8.78 Å². The van der Waals surface area contributed by atoms with Crippen LogP contribution in [0.3, 0.4) is 0 Å². The van der Waals surface area contributed by atoms with Crippen LogP contribution in [0.25, 0.3) is 11.1 Å². The molecule has 0 unspecified atom stereocenters. The van der Waals surface area contributed by atoms with Gasteiger partial charge >= 0.3 is 0 Å². The Morgan fingerprint density at radius 3 is 2.38 bits per heavy atom. The van der Waals surface area contributed by atoms with Crippen LogP contribution in [-0.2, 0) is 0 Å². The first-order valence-electron chi connectivity index (χ1n) is 4.57. The molecule has 80 valence electrons. The number of carbonyl (C=O) groups is 1. The summed E-state index contributed by atoms with van der Waals surface area (Å²) in [4.78, 5) is 14.4. The molecule has 0 aliphatic rings. The van der Waals surface area contributed by atoms with Gasteiger partial charge in [-0.2, -0.15) is 0 Å². The summed E-state index contributed by atoms with van der Waals surface area (Å²) in [5.41, 5.74) is 1.04. The average molecular weight is 219 g/mol. The van der Waals surface area contributed by atoms with Gasteiger partial charge in [0.2, 0.25) is 0 Å². The number of hydrogen-bond acceptors (Lipinski definition) is 2. The maximum atomic E-state index is 13.0. The van der Waals surface area contributed by atoms with Crippen LogP contribution in [0, 0.1) is 11.6 Å². The fraction of sp³-hybridized carbons (Fsp3) is 0. The minimum atomic E-state index is -0.537. The third-order valence-corrected chi connectivity index (χ3v) is 2.15. The van der Waals surface area contributed by atoms with Gasteiger partial charge in [-0.1, -0.05) is 12.1 Å². The highest BCUT2D eigenvalue weighted by molar-refractivity contribution is 5.84. The van der Waals surface area contributed by atoms with Crippen LogP contribution in [-0.4, -0.2) is 11.3 Å². The van der Waals surface area contributed by atoms with E-state index in [9.17, 15) is 13.6 Å². The van der Waals surface area contributed by atoms with Crippen LogP contribution < -0.4 is 0 Å². The predicted molar refractivity (Wildman–Crippen MR) is 55.0 cm³/mol. The van der Waals surface area contributed by atoms with Gasteiger partial charge in [0.05, 0.1) is 6.20 Å². The zero-order valence-corrected chi connectivity index (χ0v) is 8.15. The van der Waals surface area contributed by atoms with Crippen molar-refractivity contribution in [3.63, 3.8) is 0 Å². The standard InChI is InChI=1S/C12H7F2NO/c13-9-3-1-8(2-4-9)11-5-10(14)6-15-12(11)7-16/h1-7H. The Labute approximate surface area is 90.6 Å². The minimum Gasteiger partial charge on any atom is -0.296 e. The second kappa shape index (κ2) is 4.18. The Hall–Kier alpha value is -2.10. The number of pyridine rings is 1. The molecule has 1 aromatic heterocycles. The summed E-state index contributed by atoms with van der Waals surface area (Å²) in [5.74, 6) is -0.925. The first-order valence-corrected chi connectivity index (χ1v) is 4.57. The van der Waals surface area contributed by atoms with Crippen LogP contribution in [0.15, 0.2) is 36.5 Å². The number of carbonyl (C=O) groups excluding carboxylic acids is 1. The zero-order valence-electron chi connectivity index (χ0n) is 8.15. The molecule has 2 rings (SSSR count). The number of benzene rings is 1. The number of halogens is 2. The molecule has 0 N–H and O–H groups in total. The topological polar surface area (TPSA) is 30.0 Å². The smallest absolute Gasteiger partial charge is 0.169 e. The lowest BCUT2D eigenvalue weighted by atomic mass is 10.0. The maximum absolute atomic E-state index is 13.0. The third-order valence-electron chi connectivity index (χ3n) is 2.15. The minimum absolute atomic E-state index is 0.132. The number of hydrogen-bond donors (Lipinski definition) is 0. The van der Waals surface area contributed by atoms with Crippen molar-refractivity contribution in [1.29, 1.82) is 0 Å². The largest absolute Gasteiger partial charge is 0.296 e. The first kappa shape index (κ1) is 10.4. The average Bonchev–Trinajstić information content (AvgIpc) is 2.30. The molecule has 0 aliphatic carbocycles. The molecule has 0 radical (unpaired) electrons. The van der Waals surface area contributed by atoms with E-state index in [1.807, 2.05) is 0 Å². The third kappa shape index (κ3) is 1.95. The maximum Gasteiger partial charge on any atom is 0.169 e. The lowest BCUT2D eigenvalue weighted by Crippen LogP contribution is -1.93. The summed E-state index contributed by atoms with van der Waals surface area (Å²) in [6.45, 7) is 0. The first-order chi connectivity index (χ1) is 7.70. The van der Waals surface area contributed by atoms with Crippen LogP contribution in [0.5, 0.6) is 0 Å². The molecule has 1 aromatic carbocycles. The molecule has 1 heterocycles. The monoisotopic (exact) mass is 219 g/mol. The highest BCUT2D eigenvalue weighted by atomic mass is 19.1. The van der Waals surface area contributed by atoms with Crippen LogP contribution in [0.2, 0.25) is 0 Å². The Morgan fingerprint density at radius 2 is 1.75 bits per heavy atom. The van der Waals surface area contributed by atoms with Gasteiger partial charge in [-0.3, -0.25) is 4.79 Å². The van der Waals surface area contributed by atoms with Crippen molar-refractivity contribution in [1.82, 2.24) is 4.98 Å². The van der Waals surface area contributed by atoms with Crippen molar-refractivity contribution in [2.75, 3.05) is 0 Å². The molecule has 4 heteroatoms. The van der Waals surface area contributed by atoms with E-state index in [2.05, 4.69) is 4.98 Å². The molecule has 0 saturated carbocycles. The fourth-order valence-corrected chi connectivity index (χ4v) is 1.40. The Kier molecular flexibility index (Phi) is 2.72. The fourth-order valence-electron chi connectivity index (χ4n) is 1.40. The molecule has 0 fully saturated rings. The molecule has 0 aliphatic heterocycles. The van der Waals surface area contributed by atoms with Crippen molar-refractivity contribution in [2.45, 2.75) is 0 Å². The van der Waals surface area contributed by atoms with E-state index in [0.717, 1.165) is 6.20 Å². The quantitative estimate of drug-likeness (QED) is 0.727. The normalized spacial score (nSPS) is 10.1. The molecule has 16 heavy (non-hydrogen) atoms. The van der Waals surface area contributed by atoms with Gasteiger partial charge in [0.1, 0.15) is 17.3 Å². The zero-order chi connectivity index (χ0) is 11.5. The molecular formula is C12H7F2NO. The van der Waals surface area contributed by atoms with E-state index in [-0.39, 0.29) is 11.5 Å². The van der Waals surface area contributed by atoms with Gasteiger partial charge in [0.25, 0.3) is 0 Å². The van der Waals surface area contributed by atoms with Gasteiger partial charge in [-0.05, 0) is 23.8 Å². The summed E-state index contributed by atoms with van der Waals surface area (Å²) in [7, 11) is 0. The second-order valence-electron chi connectivity index (χ2n) is 3.21.